The van der Waals surface area contributed by atoms with Gasteiger partial charge >= 0.3 is 0 Å². The van der Waals surface area contributed by atoms with Crippen LogP contribution in [0, 0.1) is 5.92 Å². The number of halogens is 1. The van der Waals surface area contributed by atoms with Crippen LogP contribution in [-0.2, 0) is 4.79 Å². The molecule has 0 bridgehead atoms. The third kappa shape index (κ3) is 4.24. The van der Waals surface area contributed by atoms with Gasteiger partial charge in [-0.2, -0.15) is 0 Å². The predicted octanol–water partition coefficient (Wildman–Crippen LogP) is -0.251. The lowest BCUT2D eigenvalue weighted by Crippen LogP contribution is -2.30. The van der Waals surface area contributed by atoms with Crippen molar-refractivity contribution in [3.8, 4) is 0 Å². The molecule has 56 valence electrons. The van der Waals surface area contributed by atoms with Crippen molar-refractivity contribution in [2.45, 2.75) is 6.92 Å². The highest BCUT2D eigenvalue weighted by molar-refractivity contribution is 5.85. The van der Waals surface area contributed by atoms with Gasteiger partial charge in [-0.25, -0.2) is 0 Å². The number of carbonyl (C=O) groups is 1. The van der Waals surface area contributed by atoms with Crippen LogP contribution in [0.1, 0.15) is 6.92 Å². The van der Waals surface area contributed by atoms with Crippen LogP contribution in [0.2, 0.25) is 0 Å². The first kappa shape index (κ1) is 11.5. The second-order valence-corrected chi connectivity index (χ2v) is 1.75. The highest BCUT2D eigenvalue weighted by Crippen LogP contribution is 1.87. The van der Waals surface area contributed by atoms with Gasteiger partial charge in [-0.05, 0) is 0 Å². The molecule has 0 heterocycles. The summed E-state index contributed by atoms with van der Waals surface area (Å²) >= 11 is 0. The van der Waals surface area contributed by atoms with Crippen LogP contribution in [0.3, 0.4) is 0 Å². The second-order valence-electron chi connectivity index (χ2n) is 1.75. The number of rotatable bonds is 2. The van der Waals surface area contributed by atoms with E-state index in [0.717, 1.165) is 0 Å². The van der Waals surface area contributed by atoms with Gasteiger partial charge in [-0.1, -0.05) is 6.92 Å². The topological polar surface area (TPSA) is 55.1 Å². The van der Waals surface area contributed by atoms with E-state index >= 15 is 0 Å². The fourth-order valence-corrected chi connectivity index (χ4v) is 0.353. The average Bonchev–Trinajstić information content (AvgIpc) is 1.84. The van der Waals surface area contributed by atoms with Crippen molar-refractivity contribution < 1.29 is 4.79 Å². The Balaban J connectivity index is 0. The molecule has 0 radical (unpaired) electrons. The fourth-order valence-electron chi connectivity index (χ4n) is 0.353. The number of carbonyl (C=O) groups excluding carboxylic acids is 1. The molecule has 0 spiro atoms. The van der Waals surface area contributed by atoms with Gasteiger partial charge in [0.25, 0.3) is 0 Å². The second kappa shape index (κ2) is 5.85. The maximum atomic E-state index is 10.6. The fraction of sp³-hybridized carbons (Fsp3) is 0.800. The van der Waals surface area contributed by atoms with Crippen molar-refractivity contribution in [2.75, 3.05) is 13.6 Å². The first-order valence-electron chi connectivity index (χ1n) is 2.64. The molecule has 9 heavy (non-hydrogen) atoms. The van der Waals surface area contributed by atoms with Gasteiger partial charge in [0.05, 0.1) is 0 Å². The van der Waals surface area contributed by atoms with Crippen LogP contribution >= 0.6 is 12.4 Å². The number of amides is 1. The summed E-state index contributed by atoms with van der Waals surface area (Å²) in [6.07, 6.45) is 0. The first-order chi connectivity index (χ1) is 3.72. The monoisotopic (exact) mass is 152 g/mol. The molecule has 0 aromatic heterocycles. The molecule has 0 saturated carbocycles. The zero-order valence-electron chi connectivity index (χ0n) is 5.68. The van der Waals surface area contributed by atoms with E-state index in [9.17, 15) is 4.79 Å². The standard InChI is InChI=1S/C5H12N2O.ClH/c1-4(3-6)5(8)7-2;/h4H,3,6H2,1-2H3,(H,7,8);1H/t4-;/m1./s1. The van der Waals surface area contributed by atoms with E-state index in [4.69, 9.17) is 5.73 Å². The number of nitrogens with two attached hydrogens (primary N) is 1. The smallest absolute Gasteiger partial charge is 0.223 e. The van der Waals surface area contributed by atoms with Crippen LogP contribution in [0.4, 0.5) is 0 Å². The molecule has 3 N–H and O–H groups in total. The highest BCUT2D eigenvalue weighted by atomic mass is 35.5. The number of hydrogen-bond acceptors (Lipinski definition) is 2. The Morgan fingerprint density at radius 1 is 1.78 bits per heavy atom. The molecular weight excluding hydrogens is 140 g/mol. The van der Waals surface area contributed by atoms with Gasteiger partial charge in [0, 0.05) is 19.5 Å². The Kier molecular flexibility index (Phi) is 7.48. The Labute approximate surface area is 61.4 Å². The normalized spacial score (nSPS) is 11.4. The van der Waals surface area contributed by atoms with Gasteiger partial charge in [-0.3, -0.25) is 4.79 Å². The van der Waals surface area contributed by atoms with E-state index < -0.39 is 0 Å². The molecule has 0 aliphatic rings. The zero-order chi connectivity index (χ0) is 6.57. The van der Waals surface area contributed by atoms with Crippen molar-refractivity contribution in [3.63, 3.8) is 0 Å². The van der Waals surface area contributed by atoms with E-state index in [0.29, 0.717) is 6.54 Å². The van der Waals surface area contributed by atoms with Crippen molar-refractivity contribution in [1.29, 1.82) is 0 Å². The Morgan fingerprint density at radius 2 is 2.22 bits per heavy atom. The van der Waals surface area contributed by atoms with Crippen molar-refractivity contribution in [3.05, 3.63) is 0 Å². The molecule has 0 unspecified atom stereocenters. The summed E-state index contributed by atoms with van der Waals surface area (Å²) in [5.74, 6) is -0.0486. The van der Waals surface area contributed by atoms with E-state index in [1.165, 1.54) is 0 Å². The van der Waals surface area contributed by atoms with Crippen LogP contribution < -0.4 is 11.1 Å². The largest absolute Gasteiger partial charge is 0.359 e. The highest BCUT2D eigenvalue weighted by Gasteiger charge is 2.05. The van der Waals surface area contributed by atoms with Crippen LogP contribution in [-0.4, -0.2) is 19.5 Å². The molecule has 0 aromatic rings. The summed E-state index contributed by atoms with van der Waals surface area (Å²) in [6, 6.07) is 0. The van der Waals surface area contributed by atoms with Crippen LogP contribution in [0.15, 0.2) is 0 Å². The van der Waals surface area contributed by atoms with Crippen LogP contribution in [0.25, 0.3) is 0 Å². The third-order valence-electron chi connectivity index (χ3n) is 1.05. The lowest BCUT2D eigenvalue weighted by Gasteiger charge is -2.03. The first-order valence-corrected chi connectivity index (χ1v) is 2.64. The summed E-state index contributed by atoms with van der Waals surface area (Å²) in [5, 5.41) is 2.50. The van der Waals surface area contributed by atoms with Gasteiger partial charge in [0.15, 0.2) is 0 Å². The van der Waals surface area contributed by atoms with Gasteiger partial charge < -0.3 is 11.1 Å². The third-order valence-corrected chi connectivity index (χ3v) is 1.05. The molecule has 3 nitrogen and oxygen atoms in total. The molecule has 0 saturated heterocycles. The Hall–Kier alpha value is -0.280. The lowest BCUT2D eigenvalue weighted by molar-refractivity contribution is -0.123. The Morgan fingerprint density at radius 3 is 2.33 bits per heavy atom. The van der Waals surface area contributed by atoms with E-state index in [2.05, 4.69) is 5.32 Å². The predicted molar refractivity (Wildman–Crippen MR) is 39.5 cm³/mol. The number of hydrogen-bond donors (Lipinski definition) is 2. The summed E-state index contributed by atoms with van der Waals surface area (Å²) in [7, 11) is 1.61. The van der Waals surface area contributed by atoms with E-state index in [1.54, 1.807) is 14.0 Å². The summed E-state index contributed by atoms with van der Waals surface area (Å²) in [4.78, 5) is 10.6. The molecule has 0 fully saturated rings. The summed E-state index contributed by atoms with van der Waals surface area (Å²) in [5.41, 5.74) is 5.19. The molecule has 0 aliphatic heterocycles. The van der Waals surface area contributed by atoms with Crippen molar-refractivity contribution in [2.24, 2.45) is 11.7 Å². The minimum absolute atomic E-state index is 0. The molecule has 0 aliphatic carbocycles. The van der Waals surface area contributed by atoms with Crippen LogP contribution in [0.5, 0.6) is 0 Å². The maximum absolute atomic E-state index is 10.6. The average molecular weight is 153 g/mol. The number of nitrogens with one attached hydrogen (secondary N) is 1. The van der Waals surface area contributed by atoms with E-state index in [-0.39, 0.29) is 24.2 Å². The van der Waals surface area contributed by atoms with E-state index in [1.807, 2.05) is 0 Å². The molecule has 0 rings (SSSR count). The zero-order valence-corrected chi connectivity index (χ0v) is 6.49. The SMILES string of the molecule is CNC(=O)[C@H](C)CN.Cl. The van der Waals surface area contributed by atoms with Crippen molar-refractivity contribution >= 4 is 18.3 Å². The molecule has 4 heteroatoms. The quantitative estimate of drug-likeness (QED) is 0.574. The van der Waals surface area contributed by atoms with Gasteiger partial charge in [0.2, 0.25) is 5.91 Å². The molecular formula is C5H13ClN2O. The molecule has 1 atom stereocenters. The molecule has 0 aromatic carbocycles. The maximum Gasteiger partial charge on any atom is 0.223 e. The van der Waals surface area contributed by atoms with Crippen molar-refractivity contribution in [1.82, 2.24) is 5.32 Å². The minimum atomic E-state index is -0.0556. The summed E-state index contributed by atoms with van der Waals surface area (Å²) < 4.78 is 0. The van der Waals surface area contributed by atoms with Gasteiger partial charge in [-0.15, -0.1) is 12.4 Å². The minimum Gasteiger partial charge on any atom is -0.359 e. The van der Waals surface area contributed by atoms with Gasteiger partial charge in [0.1, 0.15) is 0 Å². The Bertz CT molecular complexity index is 87.0. The summed E-state index contributed by atoms with van der Waals surface area (Å²) in [6.45, 7) is 2.21. The lowest BCUT2D eigenvalue weighted by atomic mass is 10.2. The molecule has 1 amide bonds.